The fourth-order valence-corrected chi connectivity index (χ4v) is 1.67. The van der Waals surface area contributed by atoms with Crippen LogP contribution in [-0.4, -0.2) is 35.2 Å². The molecule has 0 unspecified atom stereocenters. The summed E-state index contributed by atoms with van der Waals surface area (Å²) in [6, 6.07) is 8.05. The molecule has 0 atom stereocenters. The number of hydrogen-bond acceptors (Lipinski definition) is 5. The van der Waals surface area contributed by atoms with Crippen molar-refractivity contribution in [1.29, 1.82) is 0 Å². The van der Waals surface area contributed by atoms with Gasteiger partial charge in [0, 0.05) is 6.54 Å². The quantitative estimate of drug-likeness (QED) is 0.798. The highest BCUT2D eigenvalue weighted by Crippen LogP contribution is 2.11. The molecule has 2 rings (SSSR count). The fourth-order valence-electron chi connectivity index (χ4n) is 1.67. The second-order valence-corrected chi connectivity index (χ2v) is 4.63. The molecule has 1 heterocycles. The summed E-state index contributed by atoms with van der Waals surface area (Å²) >= 11 is 0. The predicted octanol–water partition coefficient (Wildman–Crippen LogP) is 2.20. The molecule has 5 nitrogen and oxygen atoms in total. The SMILES string of the molecule is Cc1ccc(OCCN(C)Cc2nc(C)no2)cc1. The Bertz CT molecular complexity index is 508. The lowest BCUT2D eigenvalue weighted by Crippen LogP contribution is -2.24. The first-order chi connectivity index (χ1) is 9.13. The molecular weight excluding hydrogens is 242 g/mol. The summed E-state index contributed by atoms with van der Waals surface area (Å²) in [5.41, 5.74) is 1.23. The largest absolute Gasteiger partial charge is 0.492 e. The maximum Gasteiger partial charge on any atom is 0.240 e. The molecule has 19 heavy (non-hydrogen) atoms. The van der Waals surface area contributed by atoms with Gasteiger partial charge in [-0.25, -0.2) is 0 Å². The number of hydrogen-bond donors (Lipinski definition) is 0. The minimum Gasteiger partial charge on any atom is -0.492 e. The van der Waals surface area contributed by atoms with Crippen LogP contribution in [0.15, 0.2) is 28.8 Å². The molecular formula is C14H19N3O2. The third-order valence-electron chi connectivity index (χ3n) is 2.74. The minimum absolute atomic E-state index is 0.632. The molecule has 0 aliphatic heterocycles. The lowest BCUT2D eigenvalue weighted by atomic mass is 10.2. The van der Waals surface area contributed by atoms with E-state index in [1.165, 1.54) is 5.56 Å². The Hall–Kier alpha value is -1.88. The molecule has 102 valence electrons. The summed E-state index contributed by atoms with van der Waals surface area (Å²) in [7, 11) is 2.00. The van der Waals surface area contributed by atoms with Gasteiger partial charge in [0.2, 0.25) is 5.89 Å². The number of aromatic nitrogens is 2. The molecule has 0 amide bonds. The second-order valence-electron chi connectivity index (χ2n) is 4.63. The van der Waals surface area contributed by atoms with E-state index in [1.54, 1.807) is 0 Å². The summed E-state index contributed by atoms with van der Waals surface area (Å²) in [6.45, 7) is 5.94. The van der Waals surface area contributed by atoms with E-state index in [-0.39, 0.29) is 0 Å². The van der Waals surface area contributed by atoms with Crippen molar-refractivity contribution in [3.05, 3.63) is 41.5 Å². The first-order valence-electron chi connectivity index (χ1n) is 6.30. The van der Waals surface area contributed by atoms with Crippen LogP contribution in [0.2, 0.25) is 0 Å². The van der Waals surface area contributed by atoms with E-state index in [9.17, 15) is 0 Å². The molecule has 0 radical (unpaired) electrons. The van der Waals surface area contributed by atoms with Crippen LogP contribution in [0, 0.1) is 13.8 Å². The van der Waals surface area contributed by atoms with Crippen LogP contribution >= 0.6 is 0 Å². The van der Waals surface area contributed by atoms with Gasteiger partial charge in [0.25, 0.3) is 0 Å². The molecule has 0 saturated heterocycles. The van der Waals surface area contributed by atoms with Gasteiger partial charge in [-0.2, -0.15) is 4.98 Å². The molecule has 0 saturated carbocycles. The van der Waals surface area contributed by atoms with Crippen molar-refractivity contribution < 1.29 is 9.26 Å². The molecule has 1 aromatic carbocycles. The van der Waals surface area contributed by atoms with Gasteiger partial charge in [0.1, 0.15) is 12.4 Å². The van der Waals surface area contributed by atoms with Crippen molar-refractivity contribution in [2.45, 2.75) is 20.4 Å². The Morgan fingerprint density at radius 1 is 1.21 bits per heavy atom. The molecule has 0 N–H and O–H groups in total. The van der Waals surface area contributed by atoms with Crippen LogP contribution < -0.4 is 4.74 Å². The second kappa shape index (κ2) is 6.33. The van der Waals surface area contributed by atoms with Crippen LogP contribution in [0.1, 0.15) is 17.3 Å². The van der Waals surface area contributed by atoms with Crippen molar-refractivity contribution in [2.75, 3.05) is 20.2 Å². The Morgan fingerprint density at radius 2 is 1.95 bits per heavy atom. The van der Waals surface area contributed by atoms with Crippen LogP contribution in [0.3, 0.4) is 0 Å². The number of ether oxygens (including phenoxy) is 1. The summed E-state index contributed by atoms with van der Waals surface area (Å²) in [6.07, 6.45) is 0. The lowest BCUT2D eigenvalue weighted by molar-refractivity contribution is 0.212. The maximum atomic E-state index is 5.67. The normalized spacial score (nSPS) is 10.9. The third kappa shape index (κ3) is 4.37. The summed E-state index contributed by atoms with van der Waals surface area (Å²) in [5, 5.41) is 3.76. The molecule has 0 aliphatic carbocycles. The van der Waals surface area contributed by atoms with E-state index in [0.717, 1.165) is 12.3 Å². The molecule has 5 heteroatoms. The average Bonchev–Trinajstić information content (AvgIpc) is 2.77. The van der Waals surface area contributed by atoms with Gasteiger partial charge in [0.15, 0.2) is 5.82 Å². The van der Waals surface area contributed by atoms with Gasteiger partial charge < -0.3 is 9.26 Å². The van der Waals surface area contributed by atoms with Gasteiger partial charge in [0.05, 0.1) is 6.54 Å². The molecule has 2 aromatic rings. The smallest absolute Gasteiger partial charge is 0.240 e. The van der Waals surface area contributed by atoms with Gasteiger partial charge in [-0.3, -0.25) is 4.90 Å². The molecule has 0 spiro atoms. The van der Waals surface area contributed by atoms with Crippen LogP contribution in [0.4, 0.5) is 0 Å². The molecule has 0 bridgehead atoms. The standard InChI is InChI=1S/C14H19N3O2/c1-11-4-6-13(7-5-11)18-9-8-17(3)10-14-15-12(2)16-19-14/h4-7H,8-10H2,1-3H3. The third-order valence-corrected chi connectivity index (χ3v) is 2.74. The van der Waals surface area contributed by atoms with E-state index >= 15 is 0 Å². The van der Waals surface area contributed by atoms with Crippen molar-refractivity contribution in [3.63, 3.8) is 0 Å². The molecule has 0 aliphatic rings. The highest BCUT2D eigenvalue weighted by molar-refractivity contribution is 5.26. The average molecular weight is 261 g/mol. The maximum absolute atomic E-state index is 5.67. The van der Waals surface area contributed by atoms with Gasteiger partial charge in [-0.05, 0) is 33.0 Å². The monoisotopic (exact) mass is 261 g/mol. The van der Waals surface area contributed by atoms with Gasteiger partial charge in [-0.15, -0.1) is 0 Å². The van der Waals surface area contributed by atoms with Crippen molar-refractivity contribution in [1.82, 2.24) is 15.0 Å². The number of rotatable bonds is 6. The lowest BCUT2D eigenvalue weighted by Gasteiger charge is -2.14. The zero-order chi connectivity index (χ0) is 13.7. The molecule has 1 aromatic heterocycles. The van der Waals surface area contributed by atoms with Gasteiger partial charge in [-0.1, -0.05) is 22.9 Å². The Kier molecular flexibility index (Phi) is 4.52. The van der Waals surface area contributed by atoms with Crippen molar-refractivity contribution >= 4 is 0 Å². The number of nitrogens with zero attached hydrogens (tertiary/aromatic N) is 3. The van der Waals surface area contributed by atoms with E-state index in [0.29, 0.717) is 24.9 Å². The minimum atomic E-state index is 0.632. The van der Waals surface area contributed by atoms with Crippen LogP contribution in [-0.2, 0) is 6.54 Å². The Balaban J connectivity index is 1.71. The number of likely N-dealkylation sites (N-methyl/N-ethyl adjacent to an activating group) is 1. The summed E-state index contributed by atoms with van der Waals surface area (Å²) in [5.74, 6) is 2.20. The number of aryl methyl sites for hydroxylation is 2. The van der Waals surface area contributed by atoms with Crippen LogP contribution in [0.5, 0.6) is 5.75 Å². The summed E-state index contributed by atoms with van der Waals surface area (Å²) < 4.78 is 10.7. The predicted molar refractivity (Wildman–Crippen MR) is 72.0 cm³/mol. The first kappa shape index (κ1) is 13.5. The van der Waals surface area contributed by atoms with E-state index < -0.39 is 0 Å². The highest BCUT2D eigenvalue weighted by Gasteiger charge is 2.06. The Morgan fingerprint density at radius 3 is 2.58 bits per heavy atom. The van der Waals surface area contributed by atoms with Crippen molar-refractivity contribution in [2.24, 2.45) is 0 Å². The van der Waals surface area contributed by atoms with Crippen LogP contribution in [0.25, 0.3) is 0 Å². The molecule has 0 fully saturated rings. The van der Waals surface area contributed by atoms with Crippen molar-refractivity contribution in [3.8, 4) is 5.75 Å². The van der Waals surface area contributed by atoms with Gasteiger partial charge >= 0.3 is 0 Å². The summed E-state index contributed by atoms with van der Waals surface area (Å²) in [4.78, 5) is 6.25. The Labute approximate surface area is 113 Å². The van der Waals surface area contributed by atoms with E-state index in [4.69, 9.17) is 9.26 Å². The number of benzene rings is 1. The van der Waals surface area contributed by atoms with E-state index in [1.807, 2.05) is 38.2 Å². The highest BCUT2D eigenvalue weighted by atomic mass is 16.5. The zero-order valence-electron chi connectivity index (χ0n) is 11.6. The topological polar surface area (TPSA) is 51.4 Å². The first-order valence-corrected chi connectivity index (χ1v) is 6.30. The van der Waals surface area contributed by atoms with E-state index in [2.05, 4.69) is 22.0 Å². The zero-order valence-corrected chi connectivity index (χ0v) is 11.6. The fraction of sp³-hybridized carbons (Fsp3) is 0.429.